The molecule has 0 radical (unpaired) electrons. The molecule has 0 aromatic heterocycles. The topological polar surface area (TPSA) is 18.5 Å². The summed E-state index contributed by atoms with van der Waals surface area (Å²) in [6, 6.07) is 6.05. The predicted molar refractivity (Wildman–Crippen MR) is 77.6 cm³/mol. The van der Waals surface area contributed by atoms with Crippen LogP contribution < -0.4 is 4.74 Å². The average Bonchev–Trinajstić information content (AvgIpc) is 2.74. The van der Waals surface area contributed by atoms with E-state index in [9.17, 15) is 0 Å². The first-order valence-corrected chi connectivity index (χ1v) is 7.44. The molecule has 1 aliphatic rings. The fourth-order valence-corrected chi connectivity index (χ4v) is 3.30. The molecule has 2 atom stereocenters. The molecular formula is C14H18BrClO2. The molecule has 1 heterocycles. The largest absolute Gasteiger partial charge is 0.497 e. The molecule has 0 saturated carbocycles. The van der Waals surface area contributed by atoms with E-state index in [1.54, 1.807) is 7.11 Å². The van der Waals surface area contributed by atoms with E-state index < -0.39 is 0 Å². The molecule has 0 bridgehead atoms. The molecule has 18 heavy (non-hydrogen) atoms. The van der Waals surface area contributed by atoms with Crippen molar-refractivity contribution in [1.82, 2.24) is 0 Å². The van der Waals surface area contributed by atoms with Crippen LogP contribution in [0.15, 0.2) is 22.7 Å². The van der Waals surface area contributed by atoms with Gasteiger partial charge in [-0.25, -0.2) is 0 Å². The van der Waals surface area contributed by atoms with Gasteiger partial charge in [0.05, 0.1) is 13.2 Å². The van der Waals surface area contributed by atoms with E-state index in [0.717, 1.165) is 29.7 Å². The minimum Gasteiger partial charge on any atom is -0.497 e. The zero-order chi connectivity index (χ0) is 13.2. The number of hydrogen-bond acceptors (Lipinski definition) is 2. The molecule has 1 fully saturated rings. The third-order valence-corrected chi connectivity index (χ3v) is 5.20. The van der Waals surface area contributed by atoms with Crippen LogP contribution in [0.5, 0.6) is 5.75 Å². The van der Waals surface area contributed by atoms with Gasteiger partial charge in [0.25, 0.3) is 0 Å². The van der Waals surface area contributed by atoms with Crippen LogP contribution in [0.2, 0.25) is 0 Å². The normalized spacial score (nSPS) is 27.4. The van der Waals surface area contributed by atoms with Gasteiger partial charge in [-0.1, -0.05) is 15.9 Å². The first kappa shape index (κ1) is 14.2. The van der Waals surface area contributed by atoms with Crippen LogP contribution in [-0.4, -0.2) is 25.7 Å². The Hall–Kier alpha value is -0.250. The van der Waals surface area contributed by atoms with Crippen LogP contribution in [0.1, 0.15) is 18.9 Å². The lowest BCUT2D eigenvalue weighted by molar-refractivity contribution is 0.0735. The summed E-state index contributed by atoms with van der Waals surface area (Å²) in [5.41, 5.74) is 1.27. The fourth-order valence-electron chi connectivity index (χ4n) is 2.47. The summed E-state index contributed by atoms with van der Waals surface area (Å²) in [6.45, 7) is 2.92. The zero-order valence-electron chi connectivity index (χ0n) is 10.7. The number of hydrogen-bond donors (Lipinski definition) is 0. The Morgan fingerprint density at radius 2 is 2.33 bits per heavy atom. The molecule has 100 valence electrons. The summed E-state index contributed by atoms with van der Waals surface area (Å²) in [4.78, 5) is 0. The van der Waals surface area contributed by atoms with Crippen molar-refractivity contribution in [3.05, 3.63) is 28.2 Å². The van der Waals surface area contributed by atoms with Crippen molar-refractivity contribution in [3.8, 4) is 5.75 Å². The summed E-state index contributed by atoms with van der Waals surface area (Å²) in [6.07, 6.45) is 2.13. The van der Waals surface area contributed by atoms with Crippen molar-refractivity contribution in [3.63, 3.8) is 0 Å². The van der Waals surface area contributed by atoms with Crippen LogP contribution >= 0.6 is 27.5 Å². The van der Waals surface area contributed by atoms with E-state index in [-0.39, 0.29) is 11.5 Å². The van der Waals surface area contributed by atoms with Crippen LogP contribution in [0.25, 0.3) is 0 Å². The highest BCUT2D eigenvalue weighted by atomic mass is 79.9. The second-order valence-electron chi connectivity index (χ2n) is 4.89. The second-order valence-corrected chi connectivity index (χ2v) is 6.01. The summed E-state index contributed by atoms with van der Waals surface area (Å²) in [5, 5.41) is 0. The van der Waals surface area contributed by atoms with Gasteiger partial charge in [-0.05, 0) is 43.5 Å². The molecule has 2 unspecified atom stereocenters. The Balaban J connectivity index is 2.27. The molecule has 1 aliphatic heterocycles. The Bertz CT molecular complexity index is 424. The quantitative estimate of drug-likeness (QED) is 0.774. The molecule has 0 aliphatic carbocycles. The molecular weight excluding hydrogens is 316 g/mol. The van der Waals surface area contributed by atoms with E-state index in [4.69, 9.17) is 21.1 Å². The summed E-state index contributed by atoms with van der Waals surface area (Å²) >= 11 is 9.81. The third-order valence-electron chi connectivity index (χ3n) is 3.89. The van der Waals surface area contributed by atoms with Gasteiger partial charge in [0.15, 0.2) is 0 Å². The van der Waals surface area contributed by atoms with Gasteiger partial charge in [0, 0.05) is 22.4 Å². The fraction of sp³-hybridized carbons (Fsp3) is 0.571. The molecule has 0 spiro atoms. The Morgan fingerprint density at radius 3 is 2.89 bits per heavy atom. The highest BCUT2D eigenvalue weighted by molar-refractivity contribution is 9.10. The number of rotatable bonds is 4. The molecule has 1 aromatic carbocycles. The first-order valence-electron chi connectivity index (χ1n) is 6.11. The summed E-state index contributed by atoms with van der Waals surface area (Å²) in [7, 11) is 1.69. The lowest BCUT2D eigenvalue weighted by atomic mass is 9.78. The van der Waals surface area contributed by atoms with Gasteiger partial charge < -0.3 is 9.47 Å². The van der Waals surface area contributed by atoms with Crippen LogP contribution in [0, 0.1) is 5.41 Å². The van der Waals surface area contributed by atoms with Crippen molar-refractivity contribution >= 4 is 27.5 Å². The lowest BCUT2D eigenvalue weighted by Gasteiger charge is -2.30. The highest BCUT2D eigenvalue weighted by Gasteiger charge is 2.41. The van der Waals surface area contributed by atoms with E-state index in [1.807, 2.05) is 12.1 Å². The smallest absolute Gasteiger partial charge is 0.119 e. The maximum Gasteiger partial charge on any atom is 0.119 e. The molecule has 4 heteroatoms. The van der Waals surface area contributed by atoms with Crippen molar-refractivity contribution in [2.24, 2.45) is 5.41 Å². The SMILES string of the molecule is COc1ccc(Br)c(CC2(CCl)CCOC2C)c1. The van der Waals surface area contributed by atoms with Crippen molar-refractivity contribution in [1.29, 1.82) is 0 Å². The van der Waals surface area contributed by atoms with E-state index in [2.05, 4.69) is 28.9 Å². The van der Waals surface area contributed by atoms with Crippen LogP contribution in [-0.2, 0) is 11.2 Å². The summed E-state index contributed by atoms with van der Waals surface area (Å²) < 4.78 is 12.1. The van der Waals surface area contributed by atoms with E-state index in [0.29, 0.717) is 5.88 Å². The predicted octanol–water partition coefficient (Wildman–Crippen LogP) is 4.03. The Morgan fingerprint density at radius 1 is 1.56 bits per heavy atom. The molecule has 0 N–H and O–H groups in total. The third kappa shape index (κ3) is 2.68. The zero-order valence-corrected chi connectivity index (χ0v) is 13.1. The number of alkyl halides is 1. The molecule has 0 amide bonds. The van der Waals surface area contributed by atoms with Gasteiger partial charge in [-0.3, -0.25) is 0 Å². The van der Waals surface area contributed by atoms with Crippen molar-refractivity contribution in [2.75, 3.05) is 19.6 Å². The molecule has 1 aromatic rings. The first-order chi connectivity index (χ1) is 8.61. The maximum atomic E-state index is 6.21. The van der Waals surface area contributed by atoms with Gasteiger partial charge >= 0.3 is 0 Å². The standard InChI is InChI=1S/C14H18BrClO2/c1-10-14(9-16,5-6-18-10)8-11-7-12(17-2)3-4-13(11)15/h3-4,7,10H,5-6,8-9H2,1-2H3. The minimum absolute atomic E-state index is 0.0381. The van der Waals surface area contributed by atoms with E-state index in [1.165, 1.54) is 5.56 Å². The number of ether oxygens (including phenoxy) is 2. The lowest BCUT2D eigenvalue weighted by Crippen LogP contribution is -2.33. The van der Waals surface area contributed by atoms with Crippen molar-refractivity contribution < 1.29 is 9.47 Å². The average molecular weight is 334 g/mol. The van der Waals surface area contributed by atoms with Crippen molar-refractivity contribution in [2.45, 2.75) is 25.9 Å². The van der Waals surface area contributed by atoms with Crippen LogP contribution in [0.4, 0.5) is 0 Å². The van der Waals surface area contributed by atoms with E-state index >= 15 is 0 Å². The molecule has 1 saturated heterocycles. The maximum absolute atomic E-state index is 6.21. The monoisotopic (exact) mass is 332 g/mol. The number of methoxy groups -OCH3 is 1. The number of benzene rings is 1. The summed E-state index contributed by atoms with van der Waals surface area (Å²) in [5.74, 6) is 1.50. The Labute approximate surface area is 122 Å². The minimum atomic E-state index is 0.0381. The van der Waals surface area contributed by atoms with Crippen LogP contribution in [0.3, 0.4) is 0 Å². The molecule has 2 nitrogen and oxygen atoms in total. The van der Waals surface area contributed by atoms with Gasteiger partial charge in [0.2, 0.25) is 0 Å². The second kappa shape index (κ2) is 5.81. The Kier molecular flexibility index (Phi) is 4.57. The van der Waals surface area contributed by atoms with Gasteiger partial charge in [0.1, 0.15) is 5.75 Å². The highest BCUT2D eigenvalue weighted by Crippen LogP contribution is 2.41. The molecule has 2 rings (SSSR count). The van der Waals surface area contributed by atoms with Gasteiger partial charge in [-0.15, -0.1) is 11.6 Å². The van der Waals surface area contributed by atoms with Gasteiger partial charge in [-0.2, -0.15) is 0 Å². The number of halogens is 2.